The highest BCUT2D eigenvalue weighted by Crippen LogP contribution is 2.36. The number of benzene rings is 4. The van der Waals surface area contributed by atoms with Gasteiger partial charge in [-0.2, -0.15) is 0 Å². The van der Waals surface area contributed by atoms with Crippen LogP contribution < -0.4 is 9.46 Å². The Bertz CT molecular complexity index is 1470. The monoisotopic (exact) mass is 483 g/mol. The molecule has 1 atom stereocenters. The number of aliphatic hydroxyl groups is 1. The molecule has 0 aliphatic heterocycles. The highest BCUT2D eigenvalue weighted by molar-refractivity contribution is 7.92. The van der Waals surface area contributed by atoms with E-state index in [0.717, 1.165) is 11.1 Å². The minimum atomic E-state index is -3.90. The molecule has 5 nitrogen and oxygen atoms in total. The molecule has 0 bridgehead atoms. The lowest BCUT2D eigenvalue weighted by molar-refractivity contribution is 0.146. The molecule has 35 heavy (non-hydrogen) atoms. The number of hydrogen-bond acceptors (Lipinski definition) is 4. The van der Waals surface area contributed by atoms with E-state index in [-0.39, 0.29) is 10.6 Å². The van der Waals surface area contributed by atoms with Crippen molar-refractivity contribution in [1.29, 1.82) is 0 Å². The van der Waals surface area contributed by atoms with Crippen molar-refractivity contribution in [1.82, 2.24) is 0 Å². The van der Waals surface area contributed by atoms with Crippen molar-refractivity contribution in [3.8, 4) is 17.6 Å². The summed E-state index contributed by atoms with van der Waals surface area (Å²) in [6.07, 6.45) is 0. The summed E-state index contributed by atoms with van der Waals surface area (Å²) in [6.45, 7) is 1.89. The summed E-state index contributed by atoms with van der Waals surface area (Å²) in [4.78, 5) is 0.126. The number of hydrogen-bond donors (Lipinski definition) is 2. The van der Waals surface area contributed by atoms with E-state index in [1.807, 2.05) is 37.3 Å². The Morgan fingerprint density at radius 2 is 1.46 bits per heavy atom. The molecule has 0 saturated carbocycles. The normalized spacial score (nSPS) is 12.7. The van der Waals surface area contributed by atoms with Crippen LogP contribution in [0.5, 0.6) is 5.75 Å². The maximum absolute atomic E-state index is 13.1. The van der Waals surface area contributed by atoms with Crippen LogP contribution in [0.25, 0.3) is 0 Å². The van der Waals surface area contributed by atoms with Gasteiger partial charge in [0.05, 0.1) is 17.7 Å². The van der Waals surface area contributed by atoms with Gasteiger partial charge in [-0.15, -0.1) is 0 Å². The van der Waals surface area contributed by atoms with Crippen molar-refractivity contribution in [2.75, 3.05) is 11.8 Å². The predicted molar refractivity (Wildman–Crippen MR) is 138 cm³/mol. The first-order valence-electron chi connectivity index (χ1n) is 11.0. The Hall–Kier alpha value is -4.05. The average Bonchev–Trinajstić information content (AvgIpc) is 2.88. The van der Waals surface area contributed by atoms with Crippen LogP contribution >= 0.6 is 0 Å². The lowest BCUT2D eigenvalue weighted by Gasteiger charge is -2.26. The quantitative estimate of drug-likeness (QED) is 0.375. The Balaban J connectivity index is 1.84. The fourth-order valence-electron chi connectivity index (χ4n) is 3.62. The number of rotatable bonds is 6. The van der Waals surface area contributed by atoms with Crippen LogP contribution in [-0.4, -0.2) is 20.6 Å². The number of sulfonamides is 1. The number of para-hydroxylation sites is 1. The highest BCUT2D eigenvalue weighted by Gasteiger charge is 2.33. The molecule has 0 aliphatic carbocycles. The van der Waals surface area contributed by atoms with Crippen molar-refractivity contribution in [2.24, 2.45) is 0 Å². The molecule has 0 saturated heterocycles. The van der Waals surface area contributed by atoms with Crippen molar-refractivity contribution < 1.29 is 18.3 Å². The molecule has 0 amide bonds. The highest BCUT2D eigenvalue weighted by atomic mass is 32.2. The van der Waals surface area contributed by atoms with Crippen molar-refractivity contribution >= 4 is 15.7 Å². The van der Waals surface area contributed by atoms with Gasteiger partial charge < -0.3 is 9.84 Å². The lowest BCUT2D eigenvalue weighted by atomic mass is 9.85. The van der Waals surface area contributed by atoms with E-state index < -0.39 is 15.6 Å². The van der Waals surface area contributed by atoms with Gasteiger partial charge >= 0.3 is 0 Å². The number of anilines is 1. The topological polar surface area (TPSA) is 75.6 Å². The van der Waals surface area contributed by atoms with Crippen LogP contribution in [0, 0.1) is 18.8 Å². The van der Waals surface area contributed by atoms with E-state index in [1.165, 1.54) is 0 Å². The minimum absolute atomic E-state index is 0.126. The fourth-order valence-corrected chi connectivity index (χ4v) is 4.70. The van der Waals surface area contributed by atoms with Gasteiger partial charge in [-0.25, -0.2) is 8.42 Å². The van der Waals surface area contributed by atoms with Gasteiger partial charge in [-0.1, -0.05) is 78.1 Å². The van der Waals surface area contributed by atoms with Gasteiger partial charge in [0.15, 0.2) is 5.60 Å². The number of nitrogens with one attached hydrogen (secondary N) is 1. The molecule has 0 heterocycles. The van der Waals surface area contributed by atoms with Crippen LogP contribution in [-0.2, 0) is 15.6 Å². The first-order valence-corrected chi connectivity index (χ1v) is 12.4. The molecule has 0 aromatic heterocycles. The molecular weight excluding hydrogens is 458 g/mol. The van der Waals surface area contributed by atoms with Gasteiger partial charge in [-0.3, -0.25) is 4.72 Å². The number of ether oxygens (including phenoxy) is 1. The zero-order chi connectivity index (χ0) is 24.9. The third-order valence-electron chi connectivity index (χ3n) is 5.56. The van der Waals surface area contributed by atoms with Gasteiger partial charge in [0.2, 0.25) is 0 Å². The van der Waals surface area contributed by atoms with E-state index in [0.29, 0.717) is 16.9 Å². The summed E-state index contributed by atoms with van der Waals surface area (Å²) in [5.74, 6) is 6.64. The van der Waals surface area contributed by atoms with E-state index >= 15 is 0 Å². The first kappa shape index (κ1) is 24.1. The third kappa shape index (κ3) is 5.38. The molecule has 0 aliphatic rings. The van der Waals surface area contributed by atoms with Crippen LogP contribution in [0.3, 0.4) is 0 Å². The smallest absolute Gasteiger partial charge is 0.261 e. The summed E-state index contributed by atoms with van der Waals surface area (Å²) in [5, 5.41) is 12.0. The molecule has 176 valence electrons. The predicted octanol–water partition coefficient (Wildman–Crippen LogP) is 5.09. The molecular formula is C29H25NO4S. The summed E-state index contributed by atoms with van der Waals surface area (Å²) in [6, 6.07) is 29.4. The zero-order valence-electron chi connectivity index (χ0n) is 19.4. The molecule has 1 unspecified atom stereocenters. The van der Waals surface area contributed by atoms with E-state index in [4.69, 9.17) is 4.74 Å². The van der Waals surface area contributed by atoms with Crippen molar-refractivity contribution in [2.45, 2.75) is 17.4 Å². The Kier molecular flexibility index (Phi) is 6.92. The Morgan fingerprint density at radius 1 is 0.829 bits per heavy atom. The van der Waals surface area contributed by atoms with Crippen LogP contribution in [0.1, 0.15) is 22.3 Å². The van der Waals surface area contributed by atoms with Gasteiger partial charge in [-0.05, 0) is 49.4 Å². The largest absolute Gasteiger partial charge is 0.497 e. The number of methoxy groups -OCH3 is 1. The van der Waals surface area contributed by atoms with E-state index in [1.54, 1.807) is 79.9 Å². The molecule has 4 aromatic rings. The summed E-state index contributed by atoms with van der Waals surface area (Å²) < 4.78 is 34.2. The second-order valence-corrected chi connectivity index (χ2v) is 9.70. The first-order chi connectivity index (χ1) is 16.8. The zero-order valence-corrected chi connectivity index (χ0v) is 20.2. The molecule has 6 heteroatoms. The summed E-state index contributed by atoms with van der Waals surface area (Å²) >= 11 is 0. The van der Waals surface area contributed by atoms with Crippen molar-refractivity contribution in [3.63, 3.8) is 0 Å². The van der Waals surface area contributed by atoms with E-state index in [2.05, 4.69) is 16.6 Å². The Labute approximate surface area is 206 Å². The van der Waals surface area contributed by atoms with Gasteiger partial charge in [0.25, 0.3) is 10.0 Å². The number of aryl methyl sites for hydroxylation is 1. The molecule has 4 aromatic carbocycles. The SMILES string of the molecule is COc1ccc(C(O)(C#Cc2ccccc2)c2ccccc2NS(=O)(=O)c2ccc(C)cc2)cc1. The van der Waals surface area contributed by atoms with E-state index in [9.17, 15) is 13.5 Å². The maximum atomic E-state index is 13.1. The second kappa shape index (κ2) is 10.1. The van der Waals surface area contributed by atoms with Crippen LogP contribution in [0.15, 0.2) is 108 Å². The average molecular weight is 484 g/mol. The van der Waals surface area contributed by atoms with Crippen LogP contribution in [0.4, 0.5) is 5.69 Å². The van der Waals surface area contributed by atoms with Crippen LogP contribution in [0.2, 0.25) is 0 Å². The standard InChI is InChI=1S/C29H25NO4S/c1-22-12-18-26(19-13-22)35(32,33)30-28-11-7-6-10-27(28)29(31,21-20-23-8-4-3-5-9-23)24-14-16-25(34-2)17-15-24/h3-19,30-31H,1-2H3. The molecule has 2 N–H and O–H groups in total. The summed E-state index contributed by atoms with van der Waals surface area (Å²) in [7, 11) is -2.34. The summed E-state index contributed by atoms with van der Waals surface area (Å²) in [5.41, 5.74) is 0.877. The van der Waals surface area contributed by atoms with Gasteiger partial charge in [0, 0.05) is 16.7 Å². The maximum Gasteiger partial charge on any atom is 0.261 e. The second-order valence-electron chi connectivity index (χ2n) is 8.02. The molecule has 0 fully saturated rings. The molecule has 4 rings (SSSR count). The minimum Gasteiger partial charge on any atom is -0.497 e. The fraction of sp³-hybridized carbons (Fsp3) is 0.103. The third-order valence-corrected chi connectivity index (χ3v) is 6.94. The molecule has 0 radical (unpaired) electrons. The lowest BCUT2D eigenvalue weighted by Crippen LogP contribution is -2.27. The van der Waals surface area contributed by atoms with Crippen molar-refractivity contribution in [3.05, 3.63) is 125 Å². The Morgan fingerprint density at radius 3 is 2.11 bits per heavy atom. The van der Waals surface area contributed by atoms with Gasteiger partial charge in [0.1, 0.15) is 5.75 Å². The molecule has 0 spiro atoms.